The monoisotopic (exact) mass is 276 g/mol. The molecule has 20 heavy (non-hydrogen) atoms. The summed E-state index contributed by atoms with van der Waals surface area (Å²) in [7, 11) is 0. The number of urea groups is 1. The molecule has 0 bridgehead atoms. The molecule has 1 N–H and O–H groups in total. The molecule has 1 aromatic heterocycles. The maximum atomic E-state index is 11.9. The van der Waals surface area contributed by atoms with Gasteiger partial charge in [0, 0.05) is 51.7 Å². The molecule has 0 saturated carbocycles. The number of aromatic nitrogens is 1. The van der Waals surface area contributed by atoms with E-state index in [0.29, 0.717) is 0 Å². The molecule has 110 valence electrons. The van der Waals surface area contributed by atoms with E-state index in [1.807, 2.05) is 29.4 Å². The molecule has 0 aromatic carbocycles. The van der Waals surface area contributed by atoms with Crippen LogP contribution in [0.15, 0.2) is 24.5 Å². The fraction of sp³-hybridized carbons (Fsp3) is 0.600. The van der Waals surface area contributed by atoms with Crippen LogP contribution in [0.4, 0.5) is 4.79 Å². The molecule has 0 atom stereocenters. The van der Waals surface area contributed by atoms with Crippen molar-refractivity contribution in [3.63, 3.8) is 0 Å². The van der Waals surface area contributed by atoms with Gasteiger partial charge < -0.3 is 10.2 Å². The summed E-state index contributed by atoms with van der Waals surface area (Å²) in [5, 5.41) is 2.98. The molecule has 0 radical (unpaired) electrons. The van der Waals surface area contributed by atoms with Gasteiger partial charge in [0.2, 0.25) is 0 Å². The molecule has 1 aliphatic rings. The molecule has 2 rings (SSSR count). The SMILES string of the molecule is CCCCNC(=O)N1CCN(Cc2ccncc2)CC1. The van der Waals surface area contributed by atoms with Crippen LogP contribution < -0.4 is 5.32 Å². The van der Waals surface area contributed by atoms with E-state index in [1.54, 1.807) is 0 Å². The molecule has 1 aliphatic heterocycles. The molecule has 1 saturated heterocycles. The first-order chi connectivity index (χ1) is 9.79. The zero-order valence-electron chi connectivity index (χ0n) is 12.2. The molecule has 5 nitrogen and oxygen atoms in total. The number of amides is 2. The largest absolute Gasteiger partial charge is 0.338 e. The summed E-state index contributed by atoms with van der Waals surface area (Å²) >= 11 is 0. The lowest BCUT2D eigenvalue weighted by Gasteiger charge is -2.34. The van der Waals surface area contributed by atoms with Crippen LogP contribution in [0.5, 0.6) is 0 Å². The Bertz CT molecular complexity index is 402. The van der Waals surface area contributed by atoms with Gasteiger partial charge in [0.15, 0.2) is 0 Å². The van der Waals surface area contributed by atoms with Gasteiger partial charge in [0.1, 0.15) is 0 Å². The van der Waals surface area contributed by atoms with Crippen LogP contribution in [-0.4, -0.2) is 53.5 Å². The first-order valence-corrected chi connectivity index (χ1v) is 7.43. The van der Waals surface area contributed by atoms with Crippen molar-refractivity contribution >= 4 is 6.03 Å². The van der Waals surface area contributed by atoms with E-state index in [9.17, 15) is 4.79 Å². The van der Waals surface area contributed by atoms with Gasteiger partial charge in [0.05, 0.1) is 0 Å². The molecule has 0 spiro atoms. The lowest BCUT2D eigenvalue weighted by Crippen LogP contribution is -2.51. The average molecular weight is 276 g/mol. The zero-order chi connectivity index (χ0) is 14.2. The lowest BCUT2D eigenvalue weighted by atomic mass is 10.2. The number of hydrogen-bond acceptors (Lipinski definition) is 3. The molecular formula is C15H24N4O. The van der Waals surface area contributed by atoms with E-state index in [0.717, 1.165) is 52.1 Å². The molecule has 1 aromatic rings. The Labute approximate surface area is 121 Å². The third-order valence-electron chi connectivity index (χ3n) is 3.62. The Hall–Kier alpha value is -1.62. The maximum absolute atomic E-state index is 11.9. The minimum atomic E-state index is 0.0852. The van der Waals surface area contributed by atoms with Gasteiger partial charge in [-0.1, -0.05) is 13.3 Å². The summed E-state index contributed by atoms with van der Waals surface area (Å²) in [6, 6.07) is 4.18. The normalized spacial score (nSPS) is 16.1. The zero-order valence-corrected chi connectivity index (χ0v) is 12.2. The molecular weight excluding hydrogens is 252 g/mol. The van der Waals surface area contributed by atoms with Gasteiger partial charge in [-0.2, -0.15) is 0 Å². The third kappa shape index (κ3) is 4.49. The Morgan fingerprint density at radius 3 is 2.60 bits per heavy atom. The summed E-state index contributed by atoms with van der Waals surface area (Å²) in [4.78, 5) is 20.3. The number of nitrogens with zero attached hydrogens (tertiary/aromatic N) is 3. The second-order valence-electron chi connectivity index (χ2n) is 5.20. The Morgan fingerprint density at radius 2 is 1.95 bits per heavy atom. The van der Waals surface area contributed by atoms with E-state index >= 15 is 0 Å². The summed E-state index contributed by atoms with van der Waals surface area (Å²) in [5.74, 6) is 0. The number of pyridine rings is 1. The minimum Gasteiger partial charge on any atom is -0.338 e. The quantitative estimate of drug-likeness (QED) is 0.833. The number of hydrogen-bond donors (Lipinski definition) is 1. The van der Waals surface area contributed by atoms with Gasteiger partial charge in [0.25, 0.3) is 0 Å². The summed E-state index contributed by atoms with van der Waals surface area (Å²) in [5.41, 5.74) is 1.28. The van der Waals surface area contributed by atoms with Crippen LogP contribution in [0.1, 0.15) is 25.3 Å². The van der Waals surface area contributed by atoms with Crippen molar-refractivity contribution < 1.29 is 4.79 Å². The van der Waals surface area contributed by atoms with E-state index < -0.39 is 0 Å². The molecule has 5 heteroatoms. The van der Waals surface area contributed by atoms with Crippen molar-refractivity contribution in [1.82, 2.24) is 20.1 Å². The highest BCUT2D eigenvalue weighted by Gasteiger charge is 2.20. The second kappa shape index (κ2) is 7.85. The van der Waals surface area contributed by atoms with Gasteiger partial charge in [-0.25, -0.2) is 4.79 Å². The number of rotatable bonds is 5. The van der Waals surface area contributed by atoms with Crippen molar-refractivity contribution in [2.24, 2.45) is 0 Å². The number of nitrogens with one attached hydrogen (secondary N) is 1. The fourth-order valence-corrected chi connectivity index (χ4v) is 2.34. The van der Waals surface area contributed by atoms with Crippen molar-refractivity contribution in [2.45, 2.75) is 26.3 Å². The third-order valence-corrected chi connectivity index (χ3v) is 3.62. The number of carbonyl (C=O) groups excluding carboxylic acids is 1. The van der Waals surface area contributed by atoms with Crippen LogP contribution in [0.3, 0.4) is 0 Å². The van der Waals surface area contributed by atoms with Crippen LogP contribution >= 0.6 is 0 Å². The highest BCUT2D eigenvalue weighted by molar-refractivity contribution is 5.74. The van der Waals surface area contributed by atoms with E-state index in [1.165, 1.54) is 5.56 Å². The Kier molecular flexibility index (Phi) is 5.80. The first kappa shape index (κ1) is 14.8. The lowest BCUT2D eigenvalue weighted by molar-refractivity contribution is 0.135. The highest BCUT2D eigenvalue weighted by atomic mass is 16.2. The maximum Gasteiger partial charge on any atom is 0.317 e. The summed E-state index contributed by atoms with van der Waals surface area (Å²) < 4.78 is 0. The second-order valence-corrected chi connectivity index (χ2v) is 5.20. The topological polar surface area (TPSA) is 48.5 Å². The van der Waals surface area contributed by atoms with Crippen molar-refractivity contribution in [3.8, 4) is 0 Å². The average Bonchev–Trinajstić information content (AvgIpc) is 2.49. The van der Waals surface area contributed by atoms with Crippen LogP contribution in [0.2, 0.25) is 0 Å². The smallest absolute Gasteiger partial charge is 0.317 e. The molecule has 1 fully saturated rings. The van der Waals surface area contributed by atoms with E-state index in [-0.39, 0.29) is 6.03 Å². The van der Waals surface area contributed by atoms with Crippen LogP contribution in [0.25, 0.3) is 0 Å². The molecule has 0 aliphatic carbocycles. The van der Waals surface area contributed by atoms with E-state index in [2.05, 4.69) is 22.1 Å². The fourth-order valence-electron chi connectivity index (χ4n) is 2.34. The molecule has 0 unspecified atom stereocenters. The minimum absolute atomic E-state index is 0.0852. The number of unbranched alkanes of at least 4 members (excludes halogenated alkanes) is 1. The van der Waals surface area contributed by atoms with E-state index in [4.69, 9.17) is 0 Å². The van der Waals surface area contributed by atoms with Gasteiger partial charge in [-0.05, 0) is 24.1 Å². The van der Waals surface area contributed by atoms with Crippen molar-refractivity contribution in [2.75, 3.05) is 32.7 Å². The first-order valence-electron chi connectivity index (χ1n) is 7.43. The van der Waals surface area contributed by atoms with Gasteiger partial charge in [-0.15, -0.1) is 0 Å². The summed E-state index contributed by atoms with van der Waals surface area (Å²) in [6.45, 7) is 7.34. The highest BCUT2D eigenvalue weighted by Crippen LogP contribution is 2.07. The Balaban J connectivity index is 1.71. The number of carbonyl (C=O) groups is 1. The van der Waals surface area contributed by atoms with Crippen LogP contribution in [0, 0.1) is 0 Å². The summed E-state index contributed by atoms with van der Waals surface area (Å²) in [6.07, 6.45) is 5.81. The molecule has 2 amide bonds. The standard InChI is InChI=1S/C15H24N4O/c1-2-3-6-17-15(20)19-11-9-18(10-12-19)13-14-4-7-16-8-5-14/h4-5,7-8H,2-3,6,9-13H2,1H3,(H,17,20). The van der Waals surface area contributed by atoms with Crippen LogP contribution in [-0.2, 0) is 6.54 Å². The van der Waals surface area contributed by atoms with Crippen molar-refractivity contribution in [1.29, 1.82) is 0 Å². The Morgan fingerprint density at radius 1 is 1.25 bits per heavy atom. The van der Waals surface area contributed by atoms with Gasteiger partial charge >= 0.3 is 6.03 Å². The number of piperazine rings is 1. The predicted molar refractivity (Wildman–Crippen MR) is 79.4 cm³/mol. The van der Waals surface area contributed by atoms with Gasteiger partial charge in [-0.3, -0.25) is 9.88 Å². The predicted octanol–water partition coefficient (Wildman–Crippen LogP) is 1.71. The molecule has 2 heterocycles. The van der Waals surface area contributed by atoms with Crippen molar-refractivity contribution in [3.05, 3.63) is 30.1 Å².